The molecule has 0 saturated heterocycles. The van der Waals surface area contributed by atoms with E-state index < -0.39 is 11.2 Å². The van der Waals surface area contributed by atoms with E-state index in [1.165, 1.54) is 18.1 Å². The number of benzene rings is 1. The third-order valence-electron chi connectivity index (χ3n) is 3.34. The first kappa shape index (κ1) is 15.4. The number of hydrogen-bond donors (Lipinski definition) is 1. The van der Waals surface area contributed by atoms with Crippen LogP contribution in [0.25, 0.3) is 11.2 Å². The standard InChI is InChI=1S/C15H15N5O2S/c1-2-11(15(21)22)23-14-12-13(16-9-17-14)20(19-18-12)8-10-6-4-3-5-7-10/h3-7,9,11H,2,8H2,1H3,(H,21,22)/t11-/m1/s1. The summed E-state index contributed by atoms with van der Waals surface area (Å²) >= 11 is 1.18. The molecule has 1 atom stereocenters. The Hall–Kier alpha value is -2.48. The molecule has 0 fully saturated rings. The summed E-state index contributed by atoms with van der Waals surface area (Å²) in [4.78, 5) is 19.6. The topological polar surface area (TPSA) is 93.8 Å². The van der Waals surface area contributed by atoms with Crippen molar-refractivity contribution in [1.29, 1.82) is 0 Å². The Balaban J connectivity index is 1.92. The predicted molar refractivity (Wildman–Crippen MR) is 86.2 cm³/mol. The van der Waals surface area contributed by atoms with Crippen LogP contribution in [-0.2, 0) is 11.3 Å². The number of rotatable bonds is 6. The van der Waals surface area contributed by atoms with E-state index in [1.807, 2.05) is 37.3 Å². The molecule has 7 nitrogen and oxygen atoms in total. The van der Waals surface area contributed by atoms with Crippen molar-refractivity contribution in [2.45, 2.75) is 30.2 Å². The first-order chi connectivity index (χ1) is 11.2. The molecule has 0 saturated carbocycles. The zero-order valence-electron chi connectivity index (χ0n) is 12.5. The summed E-state index contributed by atoms with van der Waals surface area (Å²) in [6.45, 7) is 2.38. The van der Waals surface area contributed by atoms with Crippen LogP contribution < -0.4 is 0 Å². The van der Waals surface area contributed by atoms with Crippen molar-refractivity contribution in [3.8, 4) is 0 Å². The lowest BCUT2D eigenvalue weighted by molar-refractivity contribution is -0.136. The highest BCUT2D eigenvalue weighted by atomic mass is 32.2. The molecule has 1 aromatic carbocycles. The number of carbonyl (C=O) groups is 1. The number of aliphatic carboxylic acids is 1. The predicted octanol–water partition coefficient (Wildman–Crippen LogP) is 2.22. The Morgan fingerprint density at radius 1 is 1.30 bits per heavy atom. The van der Waals surface area contributed by atoms with Crippen molar-refractivity contribution in [3.63, 3.8) is 0 Å². The Morgan fingerprint density at radius 3 is 2.78 bits per heavy atom. The maximum absolute atomic E-state index is 11.2. The summed E-state index contributed by atoms with van der Waals surface area (Å²) in [5, 5.41) is 17.5. The minimum atomic E-state index is -0.860. The van der Waals surface area contributed by atoms with Gasteiger partial charge in [-0.3, -0.25) is 4.79 Å². The van der Waals surface area contributed by atoms with Gasteiger partial charge in [-0.1, -0.05) is 54.2 Å². The van der Waals surface area contributed by atoms with Gasteiger partial charge in [0, 0.05) is 0 Å². The second-order valence-corrected chi connectivity index (χ2v) is 6.13. The summed E-state index contributed by atoms with van der Waals surface area (Å²) < 4.78 is 1.69. The molecule has 0 aliphatic heterocycles. The van der Waals surface area contributed by atoms with E-state index in [0.717, 1.165) is 5.56 Å². The summed E-state index contributed by atoms with van der Waals surface area (Å²) in [6.07, 6.45) is 1.92. The number of fused-ring (bicyclic) bond motifs is 1. The van der Waals surface area contributed by atoms with Gasteiger partial charge < -0.3 is 5.11 Å². The van der Waals surface area contributed by atoms with Gasteiger partial charge in [-0.25, -0.2) is 14.6 Å². The van der Waals surface area contributed by atoms with Crippen molar-refractivity contribution in [2.24, 2.45) is 0 Å². The first-order valence-electron chi connectivity index (χ1n) is 7.16. The number of carboxylic acid groups (broad SMARTS) is 1. The molecule has 2 heterocycles. The molecule has 0 radical (unpaired) electrons. The number of nitrogens with zero attached hydrogens (tertiary/aromatic N) is 5. The molecule has 3 aromatic rings. The van der Waals surface area contributed by atoms with Gasteiger partial charge in [-0.2, -0.15) is 0 Å². The highest BCUT2D eigenvalue weighted by Gasteiger charge is 2.21. The van der Waals surface area contributed by atoms with E-state index in [0.29, 0.717) is 29.2 Å². The van der Waals surface area contributed by atoms with Gasteiger partial charge in [0.25, 0.3) is 0 Å². The molecule has 3 rings (SSSR count). The number of hydrogen-bond acceptors (Lipinski definition) is 6. The third kappa shape index (κ3) is 3.31. The monoisotopic (exact) mass is 329 g/mol. The van der Waals surface area contributed by atoms with Gasteiger partial charge in [0.05, 0.1) is 6.54 Å². The van der Waals surface area contributed by atoms with Crippen molar-refractivity contribution in [2.75, 3.05) is 0 Å². The zero-order valence-corrected chi connectivity index (χ0v) is 13.3. The van der Waals surface area contributed by atoms with Crippen molar-refractivity contribution in [3.05, 3.63) is 42.2 Å². The van der Waals surface area contributed by atoms with Crippen LogP contribution in [0.5, 0.6) is 0 Å². The van der Waals surface area contributed by atoms with E-state index in [2.05, 4.69) is 20.3 Å². The lowest BCUT2D eigenvalue weighted by Gasteiger charge is -2.08. The van der Waals surface area contributed by atoms with Crippen LogP contribution in [0.2, 0.25) is 0 Å². The van der Waals surface area contributed by atoms with Gasteiger partial charge in [0.15, 0.2) is 11.2 Å². The maximum atomic E-state index is 11.2. The van der Waals surface area contributed by atoms with Crippen LogP contribution in [-0.4, -0.2) is 41.3 Å². The average Bonchev–Trinajstić information content (AvgIpc) is 2.97. The molecule has 0 aliphatic rings. The largest absolute Gasteiger partial charge is 0.480 e. The molecule has 118 valence electrons. The fourth-order valence-corrected chi connectivity index (χ4v) is 3.05. The molecule has 1 N–H and O–H groups in total. The normalized spacial score (nSPS) is 12.4. The lowest BCUT2D eigenvalue weighted by atomic mass is 10.2. The summed E-state index contributed by atoms with van der Waals surface area (Å²) in [5.74, 6) is -0.860. The second-order valence-electron chi connectivity index (χ2n) is 4.94. The SMILES string of the molecule is CC[C@@H](Sc1ncnc2c1nnn2Cc1ccccc1)C(=O)O. The zero-order chi connectivity index (χ0) is 16.2. The summed E-state index contributed by atoms with van der Waals surface area (Å²) in [5.41, 5.74) is 2.23. The quantitative estimate of drug-likeness (QED) is 0.547. The Labute approximate surface area is 136 Å². The maximum Gasteiger partial charge on any atom is 0.317 e. The van der Waals surface area contributed by atoms with Crippen LogP contribution in [0, 0.1) is 0 Å². The fourth-order valence-electron chi connectivity index (χ4n) is 2.16. The lowest BCUT2D eigenvalue weighted by Crippen LogP contribution is -2.15. The van der Waals surface area contributed by atoms with E-state index in [-0.39, 0.29) is 0 Å². The van der Waals surface area contributed by atoms with Crippen molar-refractivity contribution >= 4 is 28.9 Å². The van der Waals surface area contributed by atoms with Crippen molar-refractivity contribution < 1.29 is 9.90 Å². The Bertz CT molecular complexity index is 821. The van der Waals surface area contributed by atoms with Gasteiger partial charge in [-0.05, 0) is 12.0 Å². The van der Waals surface area contributed by atoms with Gasteiger partial charge >= 0.3 is 5.97 Å². The molecule has 8 heteroatoms. The van der Waals surface area contributed by atoms with E-state index in [9.17, 15) is 9.90 Å². The molecule has 23 heavy (non-hydrogen) atoms. The summed E-state index contributed by atoms with van der Waals surface area (Å²) in [6, 6.07) is 9.88. The minimum absolute atomic E-state index is 0.504. The van der Waals surface area contributed by atoms with E-state index in [1.54, 1.807) is 4.68 Å². The molecule has 0 spiro atoms. The molecule has 0 aliphatic carbocycles. The molecule has 0 amide bonds. The van der Waals surface area contributed by atoms with Crippen LogP contribution in [0.15, 0.2) is 41.7 Å². The van der Waals surface area contributed by atoms with Gasteiger partial charge in [-0.15, -0.1) is 5.10 Å². The number of thioether (sulfide) groups is 1. The van der Waals surface area contributed by atoms with E-state index >= 15 is 0 Å². The molecular weight excluding hydrogens is 314 g/mol. The van der Waals surface area contributed by atoms with Gasteiger partial charge in [0.2, 0.25) is 0 Å². The minimum Gasteiger partial charge on any atom is -0.480 e. The first-order valence-corrected chi connectivity index (χ1v) is 8.04. The second kappa shape index (κ2) is 6.74. The average molecular weight is 329 g/mol. The van der Waals surface area contributed by atoms with Crippen LogP contribution in [0.3, 0.4) is 0 Å². The smallest absolute Gasteiger partial charge is 0.317 e. The Kier molecular flexibility index (Phi) is 4.52. The fraction of sp³-hybridized carbons (Fsp3) is 0.267. The van der Waals surface area contributed by atoms with Crippen LogP contribution in [0.1, 0.15) is 18.9 Å². The van der Waals surface area contributed by atoms with Gasteiger partial charge in [0.1, 0.15) is 16.6 Å². The molecule has 2 aromatic heterocycles. The summed E-state index contributed by atoms with van der Waals surface area (Å²) in [7, 11) is 0. The van der Waals surface area contributed by atoms with Crippen LogP contribution >= 0.6 is 11.8 Å². The van der Waals surface area contributed by atoms with Crippen molar-refractivity contribution in [1.82, 2.24) is 25.0 Å². The molecule has 0 bridgehead atoms. The molecular formula is C15H15N5O2S. The Morgan fingerprint density at radius 2 is 2.09 bits per heavy atom. The van der Waals surface area contributed by atoms with Crippen LogP contribution in [0.4, 0.5) is 0 Å². The highest BCUT2D eigenvalue weighted by Crippen LogP contribution is 2.28. The highest BCUT2D eigenvalue weighted by molar-refractivity contribution is 8.00. The third-order valence-corrected chi connectivity index (χ3v) is 4.68. The molecule has 0 unspecified atom stereocenters. The number of carboxylic acids is 1. The number of aromatic nitrogens is 5. The van der Waals surface area contributed by atoms with E-state index in [4.69, 9.17) is 0 Å².